The van der Waals surface area contributed by atoms with Crippen LogP contribution in [-0.4, -0.2) is 54.4 Å². The van der Waals surface area contributed by atoms with Crippen LogP contribution in [0.3, 0.4) is 0 Å². The maximum atomic E-state index is 12.1. The van der Waals surface area contributed by atoms with Gasteiger partial charge in [-0.15, -0.1) is 0 Å². The van der Waals surface area contributed by atoms with Crippen molar-refractivity contribution >= 4 is 12.0 Å². The molecule has 6 nitrogen and oxygen atoms in total. The summed E-state index contributed by atoms with van der Waals surface area (Å²) in [4.78, 5) is 25.2. The molecule has 19 heavy (non-hydrogen) atoms. The number of carbonyl (C=O) groups is 2. The number of methoxy groups -OCH3 is 1. The van der Waals surface area contributed by atoms with Crippen LogP contribution in [0.4, 0.5) is 4.79 Å². The van der Waals surface area contributed by atoms with Crippen LogP contribution in [0.1, 0.15) is 33.1 Å². The number of nitrogens with zero attached hydrogens (tertiary/aromatic N) is 1. The van der Waals surface area contributed by atoms with E-state index in [0.29, 0.717) is 38.5 Å². The fraction of sp³-hybridized carbons (Fsp3) is 0.846. The monoisotopic (exact) mass is 272 g/mol. The van der Waals surface area contributed by atoms with Gasteiger partial charge < -0.3 is 20.1 Å². The van der Waals surface area contributed by atoms with E-state index in [0.717, 1.165) is 6.42 Å². The summed E-state index contributed by atoms with van der Waals surface area (Å²) in [7, 11) is 1.65. The van der Waals surface area contributed by atoms with Crippen LogP contribution < -0.4 is 5.32 Å². The summed E-state index contributed by atoms with van der Waals surface area (Å²) in [6.07, 6.45) is 1.65. The Morgan fingerprint density at radius 1 is 1.42 bits per heavy atom. The molecule has 0 spiro atoms. The number of carbonyl (C=O) groups excluding carboxylic acids is 1. The molecule has 2 amide bonds. The van der Waals surface area contributed by atoms with Crippen molar-refractivity contribution in [3.05, 3.63) is 0 Å². The van der Waals surface area contributed by atoms with Gasteiger partial charge in [-0.2, -0.15) is 0 Å². The van der Waals surface area contributed by atoms with Crippen molar-refractivity contribution in [2.45, 2.75) is 38.6 Å². The van der Waals surface area contributed by atoms with E-state index < -0.39 is 11.5 Å². The minimum absolute atomic E-state index is 0.287. The highest BCUT2D eigenvalue weighted by Gasteiger charge is 2.38. The molecule has 0 aromatic heterocycles. The molecule has 1 aliphatic rings. The summed E-state index contributed by atoms with van der Waals surface area (Å²) in [5.74, 6) is -0.628. The molecule has 1 atom stereocenters. The molecule has 1 rings (SSSR count). The van der Waals surface area contributed by atoms with Gasteiger partial charge in [-0.1, -0.05) is 13.8 Å². The zero-order valence-corrected chi connectivity index (χ0v) is 11.9. The molecule has 1 aliphatic heterocycles. The SMILES string of the molecule is CCC(CC)(NC(=O)N1CCC(COC)C1)C(=O)O. The van der Waals surface area contributed by atoms with Gasteiger partial charge in [-0.3, -0.25) is 0 Å². The summed E-state index contributed by atoms with van der Waals surface area (Å²) in [6.45, 7) is 5.46. The molecule has 6 heteroatoms. The van der Waals surface area contributed by atoms with Crippen molar-refractivity contribution in [3.8, 4) is 0 Å². The zero-order chi connectivity index (χ0) is 14.5. The molecule has 0 radical (unpaired) electrons. The molecule has 0 bridgehead atoms. The van der Waals surface area contributed by atoms with E-state index in [9.17, 15) is 14.7 Å². The fourth-order valence-electron chi connectivity index (χ4n) is 2.46. The quantitative estimate of drug-likeness (QED) is 0.764. The Kier molecular flexibility index (Phi) is 5.60. The van der Waals surface area contributed by atoms with E-state index in [1.807, 2.05) is 0 Å². The maximum absolute atomic E-state index is 12.1. The Morgan fingerprint density at radius 3 is 2.53 bits per heavy atom. The van der Waals surface area contributed by atoms with Crippen LogP contribution in [0.5, 0.6) is 0 Å². The number of carboxylic acids is 1. The lowest BCUT2D eigenvalue weighted by molar-refractivity contribution is -0.144. The second-order valence-electron chi connectivity index (χ2n) is 5.08. The van der Waals surface area contributed by atoms with Crippen molar-refractivity contribution < 1.29 is 19.4 Å². The van der Waals surface area contributed by atoms with Crippen LogP contribution in [0, 0.1) is 5.92 Å². The minimum Gasteiger partial charge on any atom is -0.480 e. The number of nitrogens with one attached hydrogen (secondary N) is 1. The van der Waals surface area contributed by atoms with Gasteiger partial charge in [0.2, 0.25) is 0 Å². The second-order valence-corrected chi connectivity index (χ2v) is 5.08. The largest absolute Gasteiger partial charge is 0.480 e. The summed E-state index contributed by atoms with van der Waals surface area (Å²) < 4.78 is 5.08. The Hall–Kier alpha value is -1.30. The van der Waals surface area contributed by atoms with Crippen LogP contribution >= 0.6 is 0 Å². The molecular weight excluding hydrogens is 248 g/mol. The number of carboxylic acid groups (broad SMARTS) is 1. The Labute approximate surface area is 114 Å². The molecule has 0 aliphatic carbocycles. The van der Waals surface area contributed by atoms with Crippen LogP contribution in [-0.2, 0) is 9.53 Å². The number of ether oxygens (including phenoxy) is 1. The summed E-state index contributed by atoms with van der Waals surface area (Å²) in [6, 6.07) is -0.287. The summed E-state index contributed by atoms with van der Waals surface area (Å²) in [5.41, 5.74) is -1.16. The molecule has 0 aromatic carbocycles. The van der Waals surface area contributed by atoms with E-state index in [4.69, 9.17) is 4.74 Å². The van der Waals surface area contributed by atoms with Gasteiger partial charge in [0.05, 0.1) is 6.61 Å². The number of hydrogen-bond donors (Lipinski definition) is 2. The molecule has 1 heterocycles. The first-order chi connectivity index (χ1) is 8.99. The summed E-state index contributed by atoms with van der Waals surface area (Å²) >= 11 is 0. The number of urea groups is 1. The lowest BCUT2D eigenvalue weighted by Crippen LogP contribution is -2.57. The zero-order valence-electron chi connectivity index (χ0n) is 11.9. The fourth-order valence-corrected chi connectivity index (χ4v) is 2.46. The Bertz CT molecular complexity index is 329. The van der Waals surface area contributed by atoms with Crippen LogP contribution in [0.15, 0.2) is 0 Å². The van der Waals surface area contributed by atoms with Crippen molar-refractivity contribution in [1.29, 1.82) is 0 Å². The molecule has 1 saturated heterocycles. The number of amides is 2. The van der Waals surface area contributed by atoms with Gasteiger partial charge in [0.15, 0.2) is 0 Å². The Morgan fingerprint density at radius 2 is 2.05 bits per heavy atom. The molecule has 110 valence electrons. The molecule has 1 fully saturated rings. The number of hydrogen-bond acceptors (Lipinski definition) is 3. The average Bonchev–Trinajstić information content (AvgIpc) is 2.84. The Balaban J connectivity index is 2.61. The third-order valence-corrected chi connectivity index (χ3v) is 3.94. The van der Waals surface area contributed by atoms with Gasteiger partial charge in [-0.05, 0) is 19.3 Å². The third kappa shape index (κ3) is 3.59. The van der Waals surface area contributed by atoms with E-state index in [1.54, 1.807) is 25.9 Å². The average molecular weight is 272 g/mol. The van der Waals surface area contributed by atoms with Crippen molar-refractivity contribution in [2.24, 2.45) is 5.92 Å². The normalized spacial score (nSPS) is 19.5. The molecule has 1 unspecified atom stereocenters. The number of aliphatic carboxylic acids is 1. The highest BCUT2D eigenvalue weighted by Crippen LogP contribution is 2.20. The highest BCUT2D eigenvalue weighted by molar-refractivity contribution is 5.86. The summed E-state index contributed by atoms with van der Waals surface area (Å²) in [5, 5.41) is 12.0. The predicted molar refractivity (Wildman–Crippen MR) is 71.0 cm³/mol. The first-order valence-corrected chi connectivity index (χ1v) is 6.78. The van der Waals surface area contributed by atoms with Crippen LogP contribution in [0.25, 0.3) is 0 Å². The topological polar surface area (TPSA) is 78.9 Å². The maximum Gasteiger partial charge on any atom is 0.329 e. The molecule has 0 aromatic rings. The van der Waals surface area contributed by atoms with Gasteiger partial charge >= 0.3 is 12.0 Å². The van der Waals surface area contributed by atoms with Gasteiger partial charge in [0, 0.05) is 26.1 Å². The van der Waals surface area contributed by atoms with E-state index >= 15 is 0 Å². The lowest BCUT2D eigenvalue weighted by atomic mass is 9.93. The number of rotatable bonds is 6. The highest BCUT2D eigenvalue weighted by atomic mass is 16.5. The number of likely N-dealkylation sites (tertiary alicyclic amines) is 1. The van der Waals surface area contributed by atoms with Crippen LogP contribution in [0.2, 0.25) is 0 Å². The molecule has 0 saturated carbocycles. The first-order valence-electron chi connectivity index (χ1n) is 6.78. The van der Waals surface area contributed by atoms with Gasteiger partial charge in [-0.25, -0.2) is 9.59 Å². The van der Waals surface area contributed by atoms with E-state index in [2.05, 4.69) is 5.32 Å². The first kappa shape index (κ1) is 15.8. The van der Waals surface area contributed by atoms with Gasteiger partial charge in [0.25, 0.3) is 0 Å². The van der Waals surface area contributed by atoms with Crippen molar-refractivity contribution in [3.63, 3.8) is 0 Å². The van der Waals surface area contributed by atoms with Gasteiger partial charge in [0.1, 0.15) is 5.54 Å². The van der Waals surface area contributed by atoms with Crippen molar-refractivity contribution in [2.75, 3.05) is 26.8 Å². The standard InChI is InChI=1S/C13H24N2O4/c1-4-13(5-2,11(16)17)14-12(18)15-7-6-10(8-15)9-19-3/h10H,4-9H2,1-3H3,(H,14,18)(H,16,17). The minimum atomic E-state index is -1.16. The smallest absolute Gasteiger partial charge is 0.329 e. The predicted octanol–water partition coefficient (Wildman–Crippen LogP) is 1.31. The van der Waals surface area contributed by atoms with E-state index in [1.165, 1.54) is 0 Å². The van der Waals surface area contributed by atoms with Crippen molar-refractivity contribution in [1.82, 2.24) is 10.2 Å². The second kappa shape index (κ2) is 6.75. The lowest BCUT2D eigenvalue weighted by Gasteiger charge is -2.30. The molecular formula is C13H24N2O4. The third-order valence-electron chi connectivity index (χ3n) is 3.94. The van der Waals surface area contributed by atoms with E-state index in [-0.39, 0.29) is 6.03 Å². The molecule has 2 N–H and O–H groups in total.